The predicted octanol–water partition coefficient (Wildman–Crippen LogP) is 4.06. The molecule has 3 rings (SSSR count). The fourth-order valence-electron chi connectivity index (χ4n) is 2.82. The monoisotopic (exact) mass is 196 g/mol. The first-order chi connectivity index (χ1) is 7.36. The molecule has 0 N–H and O–H groups in total. The van der Waals surface area contributed by atoms with Crippen LogP contribution >= 0.6 is 0 Å². The van der Waals surface area contributed by atoms with Crippen LogP contribution in [0.4, 0.5) is 0 Å². The molecule has 0 radical (unpaired) electrons. The molecule has 0 aromatic heterocycles. The maximum absolute atomic E-state index is 2.42. The van der Waals surface area contributed by atoms with Crippen molar-refractivity contribution >= 4 is 6.08 Å². The molecule has 0 heteroatoms. The quantitative estimate of drug-likeness (QED) is 0.626. The van der Waals surface area contributed by atoms with Gasteiger partial charge in [-0.05, 0) is 30.7 Å². The van der Waals surface area contributed by atoms with E-state index in [0.717, 1.165) is 5.92 Å². The van der Waals surface area contributed by atoms with E-state index in [9.17, 15) is 0 Å². The Balaban J connectivity index is 1.81. The summed E-state index contributed by atoms with van der Waals surface area (Å²) < 4.78 is 0. The van der Waals surface area contributed by atoms with Crippen molar-refractivity contribution < 1.29 is 0 Å². The Labute approximate surface area is 91.3 Å². The Hall–Kier alpha value is -1.30. The Kier molecular flexibility index (Phi) is 2.02. The Morgan fingerprint density at radius 2 is 2.07 bits per heavy atom. The predicted molar refractivity (Wildman–Crippen MR) is 64.4 cm³/mol. The maximum Gasteiger partial charge on any atom is 0.00701 e. The molecule has 0 nitrogen and oxygen atoms in total. The van der Waals surface area contributed by atoms with Crippen LogP contribution in [0.25, 0.3) is 6.08 Å². The minimum atomic E-state index is 0.403. The standard InChI is InChI=1S/C15H16/c1-2-4-13(5-3-1)6-9-15-10-7-14(12-15)8-11-15/h1-7,9-10,14H,8,11-12H2. The van der Waals surface area contributed by atoms with Crippen molar-refractivity contribution in [3.63, 3.8) is 0 Å². The normalized spacial score (nSPS) is 32.9. The zero-order valence-electron chi connectivity index (χ0n) is 8.89. The first-order valence-electron chi connectivity index (χ1n) is 5.80. The summed E-state index contributed by atoms with van der Waals surface area (Å²) >= 11 is 0. The zero-order chi connectivity index (χ0) is 10.1. The van der Waals surface area contributed by atoms with E-state index in [1.807, 2.05) is 0 Å². The SMILES string of the molecule is C(=CC12C=CC(CC1)C2)c1ccccc1. The summed E-state index contributed by atoms with van der Waals surface area (Å²) in [5, 5.41) is 0. The molecule has 2 aliphatic carbocycles. The molecule has 0 saturated heterocycles. The average Bonchev–Trinajstić information content (AvgIpc) is 2.89. The molecule has 0 spiro atoms. The summed E-state index contributed by atoms with van der Waals surface area (Å²) in [6.07, 6.45) is 13.6. The van der Waals surface area contributed by atoms with E-state index >= 15 is 0 Å². The molecule has 76 valence electrons. The highest BCUT2D eigenvalue weighted by molar-refractivity contribution is 5.51. The van der Waals surface area contributed by atoms with Gasteiger partial charge in [0.2, 0.25) is 0 Å². The number of hydrogen-bond acceptors (Lipinski definition) is 0. The lowest BCUT2D eigenvalue weighted by Crippen LogP contribution is -2.06. The lowest BCUT2D eigenvalue weighted by Gasteiger charge is -2.17. The third-order valence-corrected chi connectivity index (χ3v) is 3.73. The van der Waals surface area contributed by atoms with Crippen LogP contribution in [0.2, 0.25) is 0 Å². The fourth-order valence-corrected chi connectivity index (χ4v) is 2.82. The molecule has 2 bridgehead atoms. The largest absolute Gasteiger partial charge is 0.0845 e. The van der Waals surface area contributed by atoms with Gasteiger partial charge in [-0.1, -0.05) is 54.6 Å². The second-order valence-corrected chi connectivity index (χ2v) is 4.84. The molecule has 2 unspecified atom stereocenters. The molecule has 1 fully saturated rings. The van der Waals surface area contributed by atoms with Crippen molar-refractivity contribution in [3.8, 4) is 0 Å². The molecule has 15 heavy (non-hydrogen) atoms. The highest BCUT2D eigenvalue weighted by Crippen LogP contribution is 2.50. The highest BCUT2D eigenvalue weighted by atomic mass is 14.4. The summed E-state index contributed by atoms with van der Waals surface area (Å²) in [6.45, 7) is 0. The van der Waals surface area contributed by atoms with Crippen LogP contribution in [0.5, 0.6) is 0 Å². The number of allylic oxidation sites excluding steroid dienone is 3. The van der Waals surface area contributed by atoms with Gasteiger partial charge in [-0.2, -0.15) is 0 Å². The summed E-state index contributed by atoms with van der Waals surface area (Å²) in [4.78, 5) is 0. The molecule has 0 amide bonds. The topological polar surface area (TPSA) is 0 Å². The second kappa shape index (κ2) is 3.37. The Morgan fingerprint density at radius 3 is 2.67 bits per heavy atom. The smallest absolute Gasteiger partial charge is 0.00701 e. The van der Waals surface area contributed by atoms with E-state index in [4.69, 9.17) is 0 Å². The van der Waals surface area contributed by atoms with Gasteiger partial charge in [0.05, 0.1) is 0 Å². The van der Waals surface area contributed by atoms with Crippen LogP contribution in [0.15, 0.2) is 48.6 Å². The maximum atomic E-state index is 2.42. The molecule has 1 saturated carbocycles. The minimum Gasteiger partial charge on any atom is -0.0845 e. The third-order valence-electron chi connectivity index (χ3n) is 3.73. The van der Waals surface area contributed by atoms with Crippen molar-refractivity contribution in [2.45, 2.75) is 19.3 Å². The van der Waals surface area contributed by atoms with Crippen LogP contribution in [0.1, 0.15) is 24.8 Å². The van der Waals surface area contributed by atoms with Gasteiger partial charge in [-0.3, -0.25) is 0 Å². The van der Waals surface area contributed by atoms with Gasteiger partial charge in [0.25, 0.3) is 0 Å². The summed E-state index contributed by atoms with van der Waals surface area (Å²) in [6, 6.07) is 10.6. The van der Waals surface area contributed by atoms with Gasteiger partial charge in [0.15, 0.2) is 0 Å². The van der Waals surface area contributed by atoms with Crippen LogP contribution < -0.4 is 0 Å². The van der Waals surface area contributed by atoms with Crippen molar-refractivity contribution in [3.05, 3.63) is 54.1 Å². The Bertz CT molecular complexity index is 399. The molecule has 2 aliphatic rings. The minimum absolute atomic E-state index is 0.403. The van der Waals surface area contributed by atoms with Crippen molar-refractivity contribution in [2.24, 2.45) is 11.3 Å². The van der Waals surface area contributed by atoms with Crippen LogP contribution in [0, 0.1) is 11.3 Å². The van der Waals surface area contributed by atoms with E-state index in [1.165, 1.54) is 24.8 Å². The van der Waals surface area contributed by atoms with E-state index in [0.29, 0.717) is 5.41 Å². The third kappa shape index (κ3) is 1.65. The second-order valence-electron chi connectivity index (χ2n) is 4.84. The van der Waals surface area contributed by atoms with Gasteiger partial charge in [0.1, 0.15) is 0 Å². The fraction of sp³-hybridized carbons (Fsp3) is 0.333. The molecule has 1 aromatic carbocycles. The molecule has 0 aliphatic heterocycles. The van der Waals surface area contributed by atoms with Gasteiger partial charge in [-0.25, -0.2) is 0 Å². The molecular formula is C15H16. The summed E-state index contributed by atoms with van der Waals surface area (Å²) in [7, 11) is 0. The van der Waals surface area contributed by atoms with Crippen LogP contribution in [-0.2, 0) is 0 Å². The molecule has 1 aromatic rings. The van der Waals surface area contributed by atoms with Crippen molar-refractivity contribution in [1.29, 1.82) is 0 Å². The van der Waals surface area contributed by atoms with Crippen LogP contribution in [0.3, 0.4) is 0 Å². The number of fused-ring (bicyclic) bond motifs is 2. The number of rotatable bonds is 2. The number of hydrogen-bond donors (Lipinski definition) is 0. The van der Waals surface area contributed by atoms with E-state index in [1.54, 1.807) is 0 Å². The van der Waals surface area contributed by atoms with E-state index in [-0.39, 0.29) is 0 Å². The lowest BCUT2D eigenvalue weighted by molar-refractivity contribution is 0.526. The van der Waals surface area contributed by atoms with E-state index in [2.05, 4.69) is 54.6 Å². The van der Waals surface area contributed by atoms with Gasteiger partial charge >= 0.3 is 0 Å². The lowest BCUT2D eigenvalue weighted by atomic mass is 9.87. The van der Waals surface area contributed by atoms with Crippen molar-refractivity contribution in [2.75, 3.05) is 0 Å². The van der Waals surface area contributed by atoms with Gasteiger partial charge < -0.3 is 0 Å². The molecular weight excluding hydrogens is 180 g/mol. The van der Waals surface area contributed by atoms with Crippen molar-refractivity contribution in [1.82, 2.24) is 0 Å². The Morgan fingerprint density at radius 1 is 1.20 bits per heavy atom. The summed E-state index contributed by atoms with van der Waals surface area (Å²) in [5.74, 6) is 0.866. The number of benzene rings is 1. The van der Waals surface area contributed by atoms with E-state index < -0.39 is 0 Å². The average molecular weight is 196 g/mol. The van der Waals surface area contributed by atoms with Crippen LogP contribution in [-0.4, -0.2) is 0 Å². The zero-order valence-corrected chi connectivity index (χ0v) is 8.89. The van der Waals surface area contributed by atoms with Gasteiger partial charge in [-0.15, -0.1) is 0 Å². The highest BCUT2D eigenvalue weighted by Gasteiger charge is 2.38. The summed E-state index contributed by atoms with van der Waals surface area (Å²) in [5.41, 5.74) is 1.72. The first-order valence-corrected chi connectivity index (χ1v) is 5.80. The first kappa shape index (κ1) is 8.96. The molecule has 0 heterocycles. The van der Waals surface area contributed by atoms with Gasteiger partial charge in [0, 0.05) is 5.41 Å². The molecule has 2 atom stereocenters.